The summed E-state index contributed by atoms with van der Waals surface area (Å²) in [7, 11) is 1.47. The number of hydrogen-bond acceptors (Lipinski definition) is 5. The summed E-state index contributed by atoms with van der Waals surface area (Å²) < 4.78 is 5.47. The largest absolute Gasteiger partial charge is 0.495 e. The van der Waals surface area contributed by atoms with Gasteiger partial charge in [0.15, 0.2) is 0 Å². The highest BCUT2D eigenvalue weighted by Crippen LogP contribution is 2.61. The Kier molecular flexibility index (Phi) is 4.41. The van der Waals surface area contributed by atoms with Crippen LogP contribution in [-0.4, -0.2) is 42.3 Å². The second-order valence-corrected chi connectivity index (χ2v) is 9.95. The third-order valence-electron chi connectivity index (χ3n) is 7.66. The number of nitrogens with zero attached hydrogens (tertiary/aromatic N) is 2. The van der Waals surface area contributed by atoms with Crippen LogP contribution in [0.25, 0.3) is 0 Å². The summed E-state index contributed by atoms with van der Waals surface area (Å²) in [5, 5.41) is 3.91. The van der Waals surface area contributed by atoms with E-state index in [-0.39, 0.29) is 17.9 Å². The molecule has 2 aromatic rings. The maximum atomic E-state index is 14.1. The van der Waals surface area contributed by atoms with Crippen molar-refractivity contribution < 1.29 is 19.1 Å². The van der Waals surface area contributed by atoms with Gasteiger partial charge in [0, 0.05) is 33.4 Å². The SMILES string of the molecule is COc1cc(Cl)c(C)cc1N1C(=O)C2C3CCCN3C3(C(=O)Nc4ccc(Cl)cc43)C2C1=O. The topological polar surface area (TPSA) is 79.0 Å². The Hall–Kier alpha value is -2.61. The van der Waals surface area contributed by atoms with Gasteiger partial charge >= 0.3 is 0 Å². The Morgan fingerprint density at radius 2 is 1.91 bits per heavy atom. The standard InChI is InChI=1S/C24H21Cl2N3O4/c1-11-8-17(18(33-2)10-14(11)26)29-21(30)19-16-4-3-7-28(16)24(20(19)22(29)31)13-9-12(25)5-6-15(13)27-23(24)32/h5-6,8-10,16,19-20H,3-4,7H2,1-2H3,(H,27,32). The van der Waals surface area contributed by atoms with Gasteiger partial charge in [-0.15, -0.1) is 0 Å². The molecule has 3 amide bonds. The molecule has 0 radical (unpaired) electrons. The molecule has 3 fully saturated rings. The summed E-state index contributed by atoms with van der Waals surface area (Å²) in [6.07, 6.45) is 1.60. The third-order valence-corrected chi connectivity index (χ3v) is 8.30. The van der Waals surface area contributed by atoms with E-state index >= 15 is 0 Å². The van der Waals surface area contributed by atoms with Crippen LogP contribution in [0, 0.1) is 18.8 Å². The Morgan fingerprint density at radius 1 is 1.12 bits per heavy atom. The number of hydrogen-bond donors (Lipinski definition) is 1. The van der Waals surface area contributed by atoms with Crippen molar-refractivity contribution in [1.29, 1.82) is 0 Å². The Bertz CT molecular complexity index is 1260. The van der Waals surface area contributed by atoms with Gasteiger partial charge in [0.1, 0.15) is 11.3 Å². The molecular formula is C24H21Cl2N3O4. The van der Waals surface area contributed by atoms with Crippen LogP contribution in [0.1, 0.15) is 24.0 Å². The molecule has 1 N–H and O–H groups in total. The lowest BCUT2D eigenvalue weighted by Gasteiger charge is -2.36. The quantitative estimate of drug-likeness (QED) is 0.655. The number of carbonyl (C=O) groups excluding carboxylic acids is 3. The van der Waals surface area contributed by atoms with Crippen molar-refractivity contribution in [2.24, 2.45) is 11.8 Å². The first-order valence-electron chi connectivity index (χ1n) is 10.9. The van der Waals surface area contributed by atoms with E-state index in [2.05, 4.69) is 10.2 Å². The second-order valence-electron chi connectivity index (χ2n) is 9.10. The van der Waals surface area contributed by atoms with Gasteiger partial charge < -0.3 is 10.1 Å². The van der Waals surface area contributed by atoms with Gasteiger partial charge in [-0.05, 0) is 56.1 Å². The van der Waals surface area contributed by atoms with Crippen molar-refractivity contribution in [2.75, 3.05) is 23.9 Å². The fourth-order valence-corrected chi connectivity index (χ4v) is 6.72. The normalized spacial score (nSPS) is 30.1. The summed E-state index contributed by atoms with van der Waals surface area (Å²) in [5.41, 5.74) is 1.12. The van der Waals surface area contributed by atoms with Crippen LogP contribution in [-0.2, 0) is 19.9 Å². The van der Waals surface area contributed by atoms with Gasteiger partial charge in [0.2, 0.25) is 17.7 Å². The van der Waals surface area contributed by atoms with E-state index in [0.29, 0.717) is 39.3 Å². The highest BCUT2D eigenvalue weighted by molar-refractivity contribution is 6.32. The molecule has 4 heterocycles. The van der Waals surface area contributed by atoms with Crippen molar-refractivity contribution in [1.82, 2.24) is 4.90 Å². The summed E-state index contributed by atoms with van der Waals surface area (Å²) >= 11 is 12.6. The molecule has 0 aliphatic carbocycles. The minimum absolute atomic E-state index is 0.202. The third kappa shape index (κ3) is 2.47. The van der Waals surface area contributed by atoms with Crippen molar-refractivity contribution in [3.63, 3.8) is 0 Å². The Morgan fingerprint density at radius 3 is 2.67 bits per heavy atom. The van der Waals surface area contributed by atoms with E-state index in [4.69, 9.17) is 27.9 Å². The summed E-state index contributed by atoms with van der Waals surface area (Å²) in [4.78, 5) is 44.8. The average Bonchev–Trinajstić information content (AvgIpc) is 3.48. The first-order valence-corrected chi connectivity index (χ1v) is 11.7. The van der Waals surface area contributed by atoms with Gasteiger partial charge in [-0.25, -0.2) is 4.90 Å². The van der Waals surface area contributed by atoms with E-state index in [9.17, 15) is 14.4 Å². The van der Waals surface area contributed by atoms with E-state index in [0.717, 1.165) is 18.4 Å². The maximum Gasteiger partial charge on any atom is 0.250 e. The van der Waals surface area contributed by atoms with Gasteiger partial charge in [0.05, 0.1) is 24.6 Å². The van der Waals surface area contributed by atoms with Gasteiger partial charge in [-0.3, -0.25) is 19.3 Å². The predicted octanol–water partition coefficient (Wildman–Crippen LogP) is 3.74. The van der Waals surface area contributed by atoms with Crippen molar-refractivity contribution in [3.8, 4) is 5.75 Å². The van der Waals surface area contributed by atoms with E-state index in [1.54, 1.807) is 37.3 Å². The number of rotatable bonds is 2. The molecule has 6 rings (SSSR count). The first-order chi connectivity index (χ1) is 15.8. The number of fused-ring (bicyclic) bond motifs is 7. The second kappa shape index (κ2) is 6.95. The maximum absolute atomic E-state index is 14.1. The van der Waals surface area contributed by atoms with Crippen molar-refractivity contribution in [3.05, 3.63) is 51.5 Å². The molecule has 1 spiro atoms. The van der Waals surface area contributed by atoms with Crippen LogP contribution in [0.3, 0.4) is 0 Å². The number of halogens is 2. The number of anilines is 2. The first kappa shape index (κ1) is 21.0. The zero-order valence-electron chi connectivity index (χ0n) is 18.0. The number of imide groups is 1. The molecule has 4 atom stereocenters. The molecule has 2 aromatic carbocycles. The molecule has 9 heteroatoms. The van der Waals surface area contributed by atoms with Crippen molar-refractivity contribution in [2.45, 2.75) is 31.3 Å². The minimum atomic E-state index is -1.26. The van der Waals surface area contributed by atoms with Crippen LogP contribution in [0.15, 0.2) is 30.3 Å². The molecule has 4 aliphatic heterocycles. The van der Waals surface area contributed by atoms with Gasteiger partial charge in [0.25, 0.3) is 0 Å². The van der Waals surface area contributed by atoms with Crippen LogP contribution in [0.4, 0.5) is 11.4 Å². The average molecular weight is 486 g/mol. The summed E-state index contributed by atoms with van der Waals surface area (Å²) in [5.74, 6) is -2.12. The smallest absolute Gasteiger partial charge is 0.250 e. The number of aryl methyl sites for hydroxylation is 1. The van der Waals surface area contributed by atoms with E-state index < -0.39 is 23.3 Å². The van der Waals surface area contributed by atoms with Crippen LogP contribution in [0.2, 0.25) is 10.0 Å². The van der Waals surface area contributed by atoms with E-state index in [1.807, 2.05) is 0 Å². The lowest BCUT2D eigenvalue weighted by Crippen LogP contribution is -2.54. The molecule has 0 saturated carbocycles. The molecule has 4 aliphatic rings. The number of ether oxygens (including phenoxy) is 1. The number of methoxy groups -OCH3 is 1. The fourth-order valence-electron chi connectivity index (χ4n) is 6.40. The molecule has 0 bridgehead atoms. The van der Waals surface area contributed by atoms with E-state index in [1.165, 1.54) is 12.0 Å². The number of carbonyl (C=O) groups is 3. The molecule has 4 unspecified atom stereocenters. The zero-order chi connectivity index (χ0) is 23.2. The monoisotopic (exact) mass is 485 g/mol. The zero-order valence-corrected chi connectivity index (χ0v) is 19.5. The summed E-state index contributed by atoms with van der Waals surface area (Å²) in [6.45, 7) is 2.45. The van der Waals surface area contributed by atoms with Crippen LogP contribution < -0.4 is 15.0 Å². The highest BCUT2D eigenvalue weighted by atomic mass is 35.5. The lowest BCUT2D eigenvalue weighted by molar-refractivity contribution is -0.135. The molecular weight excluding hydrogens is 465 g/mol. The number of nitrogens with one attached hydrogen (secondary N) is 1. The predicted molar refractivity (Wildman–Crippen MR) is 124 cm³/mol. The Balaban J connectivity index is 1.56. The van der Waals surface area contributed by atoms with Gasteiger partial charge in [-0.2, -0.15) is 0 Å². The molecule has 3 saturated heterocycles. The highest BCUT2D eigenvalue weighted by Gasteiger charge is 2.74. The molecule has 7 nitrogen and oxygen atoms in total. The lowest BCUT2D eigenvalue weighted by atomic mass is 9.75. The Labute approximate surface area is 200 Å². The number of amides is 3. The molecule has 0 aromatic heterocycles. The number of benzene rings is 2. The molecule has 33 heavy (non-hydrogen) atoms. The molecule has 170 valence electrons. The van der Waals surface area contributed by atoms with Crippen LogP contribution >= 0.6 is 23.2 Å². The minimum Gasteiger partial charge on any atom is -0.495 e. The van der Waals surface area contributed by atoms with Gasteiger partial charge in [-0.1, -0.05) is 23.2 Å². The fraction of sp³-hybridized carbons (Fsp3) is 0.375. The van der Waals surface area contributed by atoms with Crippen LogP contribution in [0.5, 0.6) is 5.75 Å². The summed E-state index contributed by atoms with van der Waals surface area (Å²) in [6, 6.07) is 8.31. The van der Waals surface area contributed by atoms with Crippen molar-refractivity contribution >= 4 is 52.3 Å².